The molecule has 0 unspecified atom stereocenters. The van der Waals surface area contributed by atoms with Gasteiger partial charge in [-0.25, -0.2) is 0 Å². The third kappa shape index (κ3) is 288. The second-order valence-corrected chi connectivity index (χ2v) is 1.06. The fourth-order valence-electron chi connectivity index (χ4n) is 0. The van der Waals surface area contributed by atoms with Crippen molar-refractivity contribution in [1.82, 2.24) is 0 Å². The van der Waals surface area contributed by atoms with Gasteiger partial charge >= 0.3 is 0 Å². The van der Waals surface area contributed by atoms with E-state index in [2.05, 4.69) is 0 Å². The zero-order valence-electron chi connectivity index (χ0n) is 8.12. The van der Waals surface area contributed by atoms with Crippen LogP contribution in [0.4, 0.5) is 0 Å². The predicted molar refractivity (Wildman–Crippen MR) is 47.9 cm³/mol. The summed E-state index contributed by atoms with van der Waals surface area (Å²) in [7, 11) is 0. The molecule has 0 aliphatic heterocycles. The maximum Gasteiger partial charge on any atom is -0.0533 e. The monoisotopic (exact) mass is 132 g/mol. The molecule has 60 valence electrons. The highest BCUT2D eigenvalue weighted by Gasteiger charge is 1.95. The van der Waals surface area contributed by atoms with Gasteiger partial charge in [0.05, 0.1) is 0 Å². The number of hydrogen-bond donors (Lipinski definition) is 0. The summed E-state index contributed by atoms with van der Waals surface area (Å²) in [4.78, 5) is 0. The van der Waals surface area contributed by atoms with Crippen LogP contribution < -0.4 is 0 Å². The second-order valence-electron chi connectivity index (χ2n) is 1.06. The summed E-state index contributed by atoms with van der Waals surface area (Å²) in [5, 5.41) is 0. The van der Waals surface area contributed by atoms with Gasteiger partial charge in [-0.2, -0.15) is 0 Å². The fourth-order valence-corrected chi connectivity index (χ4v) is 0. The first-order valence-corrected chi connectivity index (χ1v) is 4.50. The van der Waals surface area contributed by atoms with Crippen LogP contribution in [0.15, 0.2) is 0 Å². The SMILES string of the molecule is C1CC1.CC.CC.CC. The van der Waals surface area contributed by atoms with E-state index in [9.17, 15) is 0 Å². The molecule has 1 fully saturated rings. The minimum atomic E-state index is 1.50. The first kappa shape index (κ1) is 16.0. The van der Waals surface area contributed by atoms with Crippen LogP contribution in [0.1, 0.15) is 60.8 Å². The molecule has 0 aromatic rings. The van der Waals surface area contributed by atoms with Crippen LogP contribution in [0.5, 0.6) is 0 Å². The Morgan fingerprint density at radius 2 is 0.556 bits per heavy atom. The Kier molecular flexibility index (Phi) is 77.4. The lowest BCUT2D eigenvalue weighted by Crippen LogP contribution is -0.856. The van der Waals surface area contributed by atoms with Crippen molar-refractivity contribution < 1.29 is 0 Å². The summed E-state index contributed by atoms with van der Waals surface area (Å²) in [6.45, 7) is 12.0. The first-order valence-electron chi connectivity index (χ1n) is 4.50. The van der Waals surface area contributed by atoms with E-state index in [1.54, 1.807) is 0 Å². The van der Waals surface area contributed by atoms with Crippen molar-refractivity contribution in [3.05, 3.63) is 0 Å². The van der Waals surface area contributed by atoms with Crippen LogP contribution in [0, 0.1) is 0 Å². The minimum absolute atomic E-state index is 1.50. The van der Waals surface area contributed by atoms with Crippen molar-refractivity contribution in [3.8, 4) is 0 Å². The highest BCUT2D eigenvalue weighted by atomic mass is 14.0. The van der Waals surface area contributed by atoms with Gasteiger partial charge in [-0.05, 0) is 0 Å². The predicted octanol–water partition coefficient (Wildman–Crippen LogP) is 4.25. The van der Waals surface area contributed by atoms with Gasteiger partial charge < -0.3 is 0 Å². The Labute approximate surface area is 61.7 Å². The lowest BCUT2D eigenvalue weighted by atomic mass is 11.0. The summed E-state index contributed by atoms with van der Waals surface area (Å²) in [6, 6.07) is 0. The summed E-state index contributed by atoms with van der Waals surface area (Å²) < 4.78 is 0. The molecule has 0 heterocycles. The quantitative estimate of drug-likeness (QED) is 0.462. The highest BCUT2D eigenvalue weighted by molar-refractivity contribution is 4.50. The van der Waals surface area contributed by atoms with E-state index in [1.165, 1.54) is 19.3 Å². The molecule has 1 aliphatic carbocycles. The zero-order valence-corrected chi connectivity index (χ0v) is 8.12. The van der Waals surface area contributed by atoms with E-state index in [0.29, 0.717) is 0 Å². The number of rotatable bonds is 0. The molecule has 0 saturated heterocycles. The lowest BCUT2D eigenvalue weighted by molar-refractivity contribution is 1.50. The third-order valence-electron chi connectivity index (χ3n) is 0.354. The first-order chi connectivity index (χ1) is 4.50. The van der Waals surface area contributed by atoms with Crippen molar-refractivity contribution in [2.75, 3.05) is 0 Å². The summed E-state index contributed by atoms with van der Waals surface area (Å²) >= 11 is 0. The molecule has 0 spiro atoms. The molecule has 1 saturated carbocycles. The van der Waals surface area contributed by atoms with E-state index in [4.69, 9.17) is 0 Å². The van der Waals surface area contributed by atoms with Crippen molar-refractivity contribution in [1.29, 1.82) is 0 Å². The van der Waals surface area contributed by atoms with Crippen LogP contribution in [-0.2, 0) is 0 Å². The Bertz CT molecular complexity index is 4.75. The molecule has 9 heavy (non-hydrogen) atoms. The van der Waals surface area contributed by atoms with Crippen LogP contribution in [0.25, 0.3) is 0 Å². The normalized spacial score (nSPS) is 10.0. The standard InChI is InChI=1S/C3H6.3C2H6/c1-2-3-1;3*1-2/h1-3H2;3*1-2H3. The summed E-state index contributed by atoms with van der Waals surface area (Å²) in [5.41, 5.74) is 0. The molecule has 0 aromatic carbocycles. The van der Waals surface area contributed by atoms with E-state index >= 15 is 0 Å². The van der Waals surface area contributed by atoms with E-state index in [-0.39, 0.29) is 0 Å². The second kappa shape index (κ2) is 43.6. The van der Waals surface area contributed by atoms with Crippen LogP contribution in [0.3, 0.4) is 0 Å². The van der Waals surface area contributed by atoms with Crippen LogP contribution in [0.2, 0.25) is 0 Å². The average molecular weight is 132 g/mol. The van der Waals surface area contributed by atoms with Crippen molar-refractivity contribution in [3.63, 3.8) is 0 Å². The Morgan fingerprint density at radius 3 is 0.556 bits per heavy atom. The Morgan fingerprint density at radius 1 is 0.444 bits per heavy atom. The Balaban J connectivity index is -0.0000000557. The van der Waals surface area contributed by atoms with Gasteiger partial charge in [0.2, 0.25) is 0 Å². The van der Waals surface area contributed by atoms with Gasteiger partial charge in [0.15, 0.2) is 0 Å². The molecule has 0 aromatic heterocycles. The molecular weight excluding hydrogens is 108 g/mol. The van der Waals surface area contributed by atoms with E-state index in [0.717, 1.165) is 0 Å². The largest absolute Gasteiger partial charge is 0.0683 e. The van der Waals surface area contributed by atoms with Crippen molar-refractivity contribution in [2.45, 2.75) is 60.8 Å². The molecule has 0 nitrogen and oxygen atoms in total. The van der Waals surface area contributed by atoms with Gasteiger partial charge in [-0.1, -0.05) is 60.8 Å². The molecule has 0 N–H and O–H groups in total. The molecule has 0 bridgehead atoms. The molecule has 0 amide bonds. The molecule has 0 heteroatoms. The minimum Gasteiger partial charge on any atom is -0.0683 e. The molecule has 1 aliphatic rings. The van der Waals surface area contributed by atoms with Gasteiger partial charge in [0.1, 0.15) is 0 Å². The van der Waals surface area contributed by atoms with Gasteiger partial charge in [0.25, 0.3) is 0 Å². The van der Waals surface area contributed by atoms with Crippen LogP contribution in [-0.4, -0.2) is 0 Å². The smallest absolute Gasteiger partial charge is 0.0533 e. The fraction of sp³-hybridized carbons (Fsp3) is 1.00. The molecule has 0 atom stereocenters. The topological polar surface area (TPSA) is 0 Å². The average Bonchev–Trinajstić information content (AvgIpc) is 2.84. The Hall–Kier alpha value is 0. The number of hydrogen-bond acceptors (Lipinski definition) is 0. The maximum absolute atomic E-state index is 2.00. The van der Waals surface area contributed by atoms with Crippen molar-refractivity contribution in [2.24, 2.45) is 0 Å². The maximum atomic E-state index is 2.00. The molecule has 1 rings (SSSR count). The molecular formula is C9H24. The lowest BCUT2D eigenvalue weighted by Gasteiger charge is -1.07. The third-order valence-corrected chi connectivity index (χ3v) is 0.354. The van der Waals surface area contributed by atoms with Gasteiger partial charge in [-0.3, -0.25) is 0 Å². The van der Waals surface area contributed by atoms with Crippen LogP contribution >= 0.6 is 0 Å². The van der Waals surface area contributed by atoms with E-state index < -0.39 is 0 Å². The highest BCUT2D eigenvalue weighted by Crippen LogP contribution is 2.14. The summed E-state index contributed by atoms with van der Waals surface area (Å²) in [6.07, 6.45) is 4.50. The summed E-state index contributed by atoms with van der Waals surface area (Å²) in [5.74, 6) is 0. The van der Waals surface area contributed by atoms with Gasteiger partial charge in [0, 0.05) is 0 Å². The zero-order chi connectivity index (χ0) is 8.12. The van der Waals surface area contributed by atoms with Gasteiger partial charge in [-0.15, -0.1) is 0 Å². The van der Waals surface area contributed by atoms with E-state index in [1.807, 2.05) is 41.5 Å². The van der Waals surface area contributed by atoms with Crippen molar-refractivity contribution >= 4 is 0 Å². The molecule has 0 radical (unpaired) electrons.